The first-order chi connectivity index (χ1) is 2.94. The quantitative estimate of drug-likeness (QED) is 0.471. The predicted molar refractivity (Wildman–Crippen MR) is 27.2 cm³/mol. The van der Waals surface area contributed by atoms with Gasteiger partial charge in [-0.25, -0.2) is 0 Å². The minimum atomic E-state index is -3.07. The van der Waals surface area contributed by atoms with Crippen molar-refractivity contribution in [2.45, 2.75) is 5.76 Å². The lowest BCUT2D eigenvalue weighted by atomic mass is 11.7. The molecule has 0 aliphatic heterocycles. The minimum Gasteiger partial charge on any atom is -0.263 e. The van der Waals surface area contributed by atoms with Crippen LogP contribution in [-0.2, 0) is 9.52 Å². The molecule has 0 saturated carbocycles. The molecule has 0 aromatic heterocycles. The molecule has 0 saturated heterocycles. The van der Waals surface area contributed by atoms with E-state index in [1.54, 1.807) is 0 Å². The van der Waals surface area contributed by atoms with Gasteiger partial charge in [0, 0.05) is 15.8 Å². The molecular formula is C3H6F2OS. The summed E-state index contributed by atoms with van der Waals surface area (Å²) in [5.41, 5.74) is 0. The lowest BCUT2D eigenvalue weighted by Gasteiger charge is -1.95. The Hall–Kier alpha value is -0.120. The number of rotatable bonds is 1. The summed E-state index contributed by atoms with van der Waals surface area (Å²) in [6.07, 6.45) is 0.928. The number of halogens is 2. The fourth-order valence-electron chi connectivity index (χ4n) is 0. The largest absolute Gasteiger partial charge is 0.304 e. The van der Waals surface area contributed by atoms with E-state index in [2.05, 4.69) is 5.87 Å². The highest BCUT2D eigenvalue weighted by Gasteiger charge is 2.08. The summed E-state index contributed by atoms with van der Waals surface area (Å²) >= 11 is 0. The van der Waals surface area contributed by atoms with Crippen molar-refractivity contribution in [3.63, 3.8) is 0 Å². The van der Waals surface area contributed by atoms with Gasteiger partial charge in [0.15, 0.2) is 0 Å². The standard InChI is InChI=1S/C3H6F2OS/c1-7(2,6)3(4)5/h3H,1H2,2H3. The van der Waals surface area contributed by atoms with Crippen LogP contribution in [0.2, 0.25) is 0 Å². The van der Waals surface area contributed by atoms with Gasteiger partial charge in [0.2, 0.25) is 0 Å². The van der Waals surface area contributed by atoms with Crippen molar-refractivity contribution in [3.8, 4) is 0 Å². The van der Waals surface area contributed by atoms with Crippen LogP contribution in [0.25, 0.3) is 0 Å². The SMILES string of the molecule is C=S(C)(=O)C(F)F. The summed E-state index contributed by atoms with van der Waals surface area (Å²) in [6.45, 7) is 0. The molecule has 1 atom stereocenters. The maximum Gasteiger partial charge on any atom is 0.304 e. The van der Waals surface area contributed by atoms with Crippen LogP contribution in [0.5, 0.6) is 0 Å². The van der Waals surface area contributed by atoms with E-state index in [0.29, 0.717) is 0 Å². The number of hydrogen-bond acceptors (Lipinski definition) is 1. The Morgan fingerprint density at radius 2 is 1.86 bits per heavy atom. The van der Waals surface area contributed by atoms with Gasteiger partial charge in [-0.05, 0) is 5.87 Å². The molecule has 0 amide bonds. The lowest BCUT2D eigenvalue weighted by molar-refractivity contribution is 0.244. The second-order valence-corrected chi connectivity index (χ2v) is 3.83. The molecule has 0 aromatic carbocycles. The zero-order chi connectivity index (χ0) is 6.08. The third-order valence-corrected chi connectivity index (χ3v) is 1.13. The Labute approximate surface area is 41.3 Å². The molecule has 0 rings (SSSR count). The van der Waals surface area contributed by atoms with Gasteiger partial charge in [-0.2, -0.15) is 8.78 Å². The van der Waals surface area contributed by atoms with Crippen LogP contribution in [-0.4, -0.2) is 22.1 Å². The summed E-state index contributed by atoms with van der Waals surface area (Å²) in [6, 6.07) is 0. The van der Waals surface area contributed by atoms with Gasteiger partial charge in [0.25, 0.3) is 0 Å². The first-order valence-corrected chi connectivity index (χ1v) is 3.73. The molecular weight excluding hydrogens is 122 g/mol. The van der Waals surface area contributed by atoms with Crippen molar-refractivity contribution in [2.24, 2.45) is 0 Å². The predicted octanol–water partition coefficient (Wildman–Crippen LogP) is 0.555. The second-order valence-electron chi connectivity index (χ2n) is 1.33. The van der Waals surface area contributed by atoms with Crippen LogP contribution in [0.1, 0.15) is 0 Å². The normalized spacial score (nSPS) is 19.4. The van der Waals surface area contributed by atoms with Gasteiger partial charge in [0.1, 0.15) is 0 Å². The Morgan fingerprint density at radius 1 is 1.71 bits per heavy atom. The third kappa shape index (κ3) is 2.56. The van der Waals surface area contributed by atoms with Crippen LogP contribution < -0.4 is 0 Å². The lowest BCUT2D eigenvalue weighted by Crippen LogP contribution is -2.06. The Balaban J connectivity index is 4.10. The molecule has 1 unspecified atom stereocenters. The van der Waals surface area contributed by atoms with Gasteiger partial charge >= 0.3 is 5.76 Å². The average molecular weight is 128 g/mol. The molecule has 0 heterocycles. The summed E-state index contributed by atoms with van der Waals surface area (Å²) in [7, 11) is -3.07. The van der Waals surface area contributed by atoms with E-state index < -0.39 is 15.3 Å². The van der Waals surface area contributed by atoms with Gasteiger partial charge < -0.3 is 0 Å². The monoisotopic (exact) mass is 128 g/mol. The molecule has 0 N–H and O–H groups in total. The molecule has 0 aliphatic rings. The van der Waals surface area contributed by atoms with Crippen molar-refractivity contribution in [1.29, 1.82) is 0 Å². The van der Waals surface area contributed by atoms with E-state index in [0.717, 1.165) is 6.26 Å². The highest BCUT2D eigenvalue weighted by Crippen LogP contribution is 1.99. The molecule has 0 bridgehead atoms. The zero-order valence-corrected chi connectivity index (χ0v) is 4.67. The van der Waals surface area contributed by atoms with Crippen LogP contribution in [0.3, 0.4) is 0 Å². The maximum absolute atomic E-state index is 11.2. The molecule has 0 radical (unpaired) electrons. The summed E-state index contributed by atoms with van der Waals surface area (Å²) in [4.78, 5) is 0. The fourth-order valence-corrected chi connectivity index (χ4v) is 0. The zero-order valence-electron chi connectivity index (χ0n) is 3.86. The molecule has 4 heteroatoms. The second kappa shape index (κ2) is 1.78. The minimum absolute atomic E-state index is 0.928. The van der Waals surface area contributed by atoms with Gasteiger partial charge in [-0.3, -0.25) is 4.21 Å². The smallest absolute Gasteiger partial charge is 0.263 e. The maximum atomic E-state index is 11.2. The van der Waals surface area contributed by atoms with E-state index in [-0.39, 0.29) is 0 Å². The molecule has 7 heavy (non-hydrogen) atoms. The van der Waals surface area contributed by atoms with Gasteiger partial charge in [0.05, 0.1) is 0 Å². The van der Waals surface area contributed by atoms with E-state index in [9.17, 15) is 13.0 Å². The molecule has 0 spiro atoms. The Bertz CT molecular complexity index is 135. The van der Waals surface area contributed by atoms with E-state index in [1.807, 2.05) is 0 Å². The van der Waals surface area contributed by atoms with Gasteiger partial charge in [-0.15, -0.1) is 0 Å². The van der Waals surface area contributed by atoms with E-state index >= 15 is 0 Å². The van der Waals surface area contributed by atoms with Crippen molar-refractivity contribution in [2.75, 3.05) is 6.26 Å². The number of alkyl halides is 2. The summed E-state index contributed by atoms with van der Waals surface area (Å²) < 4.78 is 32.4. The van der Waals surface area contributed by atoms with Crippen molar-refractivity contribution >= 4 is 15.4 Å². The van der Waals surface area contributed by atoms with Crippen LogP contribution in [0.15, 0.2) is 0 Å². The Kier molecular flexibility index (Phi) is 1.75. The molecule has 0 fully saturated rings. The molecule has 0 aromatic rings. The van der Waals surface area contributed by atoms with E-state index in [4.69, 9.17) is 0 Å². The molecule has 1 nitrogen and oxygen atoms in total. The summed E-state index contributed by atoms with van der Waals surface area (Å²) in [5.74, 6) is -0.0370. The van der Waals surface area contributed by atoms with Gasteiger partial charge in [-0.1, -0.05) is 0 Å². The molecule has 44 valence electrons. The van der Waals surface area contributed by atoms with Crippen LogP contribution in [0.4, 0.5) is 8.78 Å². The first-order valence-electron chi connectivity index (χ1n) is 1.54. The highest BCUT2D eigenvalue weighted by molar-refractivity contribution is 7.99. The fraction of sp³-hybridized carbons (Fsp3) is 0.667. The van der Waals surface area contributed by atoms with Crippen molar-refractivity contribution in [1.82, 2.24) is 0 Å². The molecule has 0 aliphatic carbocycles. The summed E-state index contributed by atoms with van der Waals surface area (Å²) in [5, 5.41) is 0. The van der Waals surface area contributed by atoms with Crippen molar-refractivity contribution in [3.05, 3.63) is 0 Å². The van der Waals surface area contributed by atoms with Crippen molar-refractivity contribution < 1.29 is 13.0 Å². The van der Waals surface area contributed by atoms with Crippen LogP contribution >= 0.6 is 0 Å². The first kappa shape index (κ1) is 6.88. The van der Waals surface area contributed by atoms with Crippen LogP contribution in [0, 0.1) is 0 Å². The van der Waals surface area contributed by atoms with E-state index in [1.165, 1.54) is 0 Å². The topological polar surface area (TPSA) is 17.1 Å². The highest BCUT2D eigenvalue weighted by atomic mass is 32.2. The average Bonchev–Trinajstić information content (AvgIpc) is 1.31. The third-order valence-electron chi connectivity index (χ3n) is 0.377. The number of hydrogen-bond donors (Lipinski definition) is 0. The Morgan fingerprint density at radius 3 is 1.86 bits per heavy atom.